The van der Waals surface area contributed by atoms with Crippen LogP contribution in [-0.4, -0.2) is 29.2 Å². The highest BCUT2D eigenvalue weighted by molar-refractivity contribution is 5.52. The van der Waals surface area contributed by atoms with Crippen LogP contribution >= 0.6 is 0 Å². The van der Waals surface area contributed by atoms with Gasteiger partial charge in [0, 0.05) is 18.0 Å². The second kappa shape index (κ2) is 6.05. The lowest BCUT2D eigenvalue weighted by molar-refractivity contribution is 0.430. The van der Waals surface area contributed by atoms with Crippen molar-refractivity contribution in [1.29, 1.82) is 0 Å². The molecule has 4 aromatic rings. The zero-order valence-corrected chi connectivity index (χ0v) is 15.1. The van der Waals surface area contributed by atoms with E-state index in [1.54, 1.807) is 10.7 Å². The smallest absolute Gasteiger partial charge is 0.232 e. The third-order valence-electron chi connectivity index (χ3n) is 4.79. The van der Waals surface area contributed by atoms with Crippen LogP contribution in [0, 0.1) is 0 Å². The number of aromatic nitrogens is 4. The van der Waals surface area contributed by atoms with Crippen molar-refractivity contribution < 1.29 is 10.2 Å². The lowest BCUT2D eigenvalue weighted by Crippen LogP contribution is -2.02. The summed E-state index contributed by atoms with van der Waals surface area (Å²) in [6.45, 7) is 6.10. The van der Waals surface area contributed by atoms with Gasteiger partial charge in [0.25, 0.3) is 0 Å². The number of rotatable bonds is 4. The Balaban J connectivity index is 1.66. The number of nitrogens with zero attached hydrogens (tertiary/aromatic N) is 4. The minimum absolute atomic E-state index is 0.0582. The van der Waals surface area contributed by atoms with E-state index in [0.29, 0.717) is 5.69 Å². The molecule has 0 amide bonds. The normalized spacial score (nSPS) is 13.1. The fourth-order valence-electron chi connectivity index (χ4n) is 3.43. The van der Waals surface area contributed by atoms with Gasteiger partial charge < -0.3 is 14.6 Å². The molecule has 0 aliphatic heterocycles. The van der Waals surface area contributed by atoms with E-state index in [1.807, 2.05) is 54.9 Å². The van der Waals surface area contributed by atoms with Crippen LogP contribution < -0.4 is 0 Å². The zero-order chi connectivity index (χ0) is 18.4. The van der Waals surface area contributed by atoms with E-state index >= 15 is 0 Å². The predicted molar refractivity (Wildman–Crippen MR) is 99.9 cm³/mol. The Bertz CT molecular complexity index is 1090. The molecule has 1 atom stereocenters. The van der Waals surface area contributed by atoms with Crippen LogP contribution in [0.1, 0.15) is 49.4 Å². The Kier molecular flexibility index (Phi) is 3.83. The van der Waals surface area contributed by atoms with Gasteiger partial charge in [0.1, 0.15) is 5.65 Å². The van der Waals surface area contributed by atoms with Gasteiger partial charge in [-0.1, -0.05) is 20.8 Å². The van der Waals surface area contributed by atoms with E-state index < -0.39 is 0 Å². The van der Waals surface area contributed by atoms with Crippen LogP contribution in [0.15, 0.2) is 42.9 Å². The van der Waals surface area contributed by atoms with Gasteiger partial charge in [-0.05, 0) is 48.1 Å². The molecule has 1 unspecified atom stereocenters. The maximum atomic E-state index is 10.3. The highest BCUT2D eigenvalue weighted by Gasteiger charge is 2.16. The first-order valence-electron chi connectivity index (χ1n) is 8.80. The number of hydrogen-bond donors (Lipinski definition) is 2. The van der Waals surface area contributed by atoms with Crippen molar-refractivity contribution in [2.45, 2.75) is 39.0 Å². The molecule has 0 fully saturated rings. The predicted octanol–water partition coefficient (Wildman–Crippen LogP) is 3.86. The molecular weight excluding hydrogens is 328 g/mol. The van der Waals surface area contributed by atoms with E-state index in [2.05, 4.69) is 17.0 Å². The number of fused-ring (bicyclic) bond motifs is 2. The Morgan fingerprint density at radius 2 is 1.92 bits per heavy atom. The average molecular weight is 350 g/mol. The molecule has 0 spiro atoms. The molecule has 0 aliphatic rings. The molecule has 4 heterocycles. The lowest BCUT2D eigenvalue weighted by Gasteiger charge is -2.12. The Morgan fingerprint density at radius 3 is 2.69 bits per heavy atom. The van der Waals surface area contributed by atoms with Gasteiger partial charge in [-0.25, -0.2) is 9.50 Å². The van der Waals surface area contributed by atoms with E-state index in [9.17, 15) is 10.2 Å². The van der Waals surface area contributed by atoms with Gasteiger partial charge in [-0.2, -0.15) is 0 Å². The lowest BCUT2D eigenvalue weighted by atomic mass is 9.96. The zero-order valence-electron chi connectivity index (χ0n) is 15.1. The molecular formula is C20H22N4O2. The number of hydrogen-bond acceptors (Lipinski definition) is 4. The minimum Gasteiger partial charge on any atom is -0.505 e. The Labute approximate surface area is 151 Å². The van der Waals surface area contributed by atoms with Crippen molar-refractivity contribution in [1.82, 2.24) is 19.0 Å². The van der Waals surface area contributed by atoms with Crippen molar-refractivity contribution >= 4 is 11.2 Å². The molecule has 4 aromatic heterocycles. The summed E-state index contributed by atoms with van der Waals surface area (Å²) >= 11 is 0. The van der Waals surface area contributed by atoms with Crippen molar-refractivity contribution in [3.63, 3.8) is 0 Å². The Morgan fingerprint density at radius 1 is 1.12 bits per heavy atom. The molecule has 0 aromatic carbocycles. The van der Waals surface area contributed by atoms with Crippen LogP contribution in [0.25, 0.3) is 11.2 Å². The van der Waals surface area contributed by atoms with E-state index in [4.69, 9.17) is 0 Å². The largest absolute Gasteiger partial charge is 0.505 e. The quantitative estimate of drug-likeness (QED) is 0.586. The molecule has 6 nitrogen and oxygen atoms in total. The summed E-state index contributed by atoms with van der Waals surface area (Å²) in [4.78, 5) is 4.57. The topological polar surface area (TPSA) is 75.1 Å². The molecule has 6 heteroatoms. The van der Waals surface area contributed by atoms with E-state index in [-0.39, 0.29) is 23.5 Å². The highest BCUT2D eigenvalue weighted by Crippen LogP contribution is 2.29. The molecule has 4 rings (SSSR count). The van der Waals surface area contributed by atoms with Crippen LogP contribution in [0.2, 0.25) is 0 Å². The second-order valence-corrected chi connectivity index (χ2v) is 7.19. The fourth-order valence-corrected chi connectivity index (χ4v) is 3.43. The molecule has 0 saturated carbocycles. The molecule has 134 valence electrons. The summed E-state index contributed by atoms with van der Waals surface area (Å²) in [6.07, 6.45) is 6.24. The summed E-state index contributed by atoms with van der Waals surface area (Å²) in [6, 6.07) is 7.88. The van der Waals surface area contributed by atoms with Crippen LogP contribution in [0.3, 0.4) is 0 Å². The van der Waals surface area contributed by atoms with Crippen molar-refractivity contribution in [2.24, 2.45) is 0 Å². The van der Waals surface area contributed by atoms with Gasteiger partial charge in [0.15, 0.2) is 5.75 Å². The fraction of sp³-hybridized carbons (Fsp3) is 0.300. The maximum Gasteiger partial charge on any atom is 0.232 e. The van der Waals surface area contributed by atoms with E-state index in [1.165, 1.54) is 0 Å². The third-order valence-corrected chi connectivity index (χ3v) is 4.79. The van der Waals surface area contributed by atoms with Crippen LogP contribution in [0.4, 0.5) is 0 Å². The van der Waals surface area contributed by atoms with Gasteiger partial charge in [-0.3, -0.25) is 0 Å². The molecule has 0 saturated heterocycles. The average Bonchev–Trinajstić information content (AvgIpc) is 3.18. The second-order valence-electron chi connectivity index (χ2n) is 7.19. The molecule has 26 heavy (non-hydrogen) atoms. The summed E-state index contributed by atoms with van der Waals surface area (Å²) in [5.74, 6) is 0.526. The van der Waals surface area contributed by atoms with Crippen molar-refractivity contribution in [3.8, 4) is 11.6 Å². The van der Waals surface area contributed by atoms with Gasteiger partial charge in [-0.15, -0.1) is 5.10 Å². The SMILES string of the molecule is CC(C)c1nc2cc(CC(C)c3cc4cccn4nc3O)cn2cc1O. The third kappa shape index (κ3) is 2.77. The summed E-state index contributed by atoms with van der Waals surface area (Å²) in [5, 5.41) is 24.6. The van der Waals surface area contributed by atoms with Crippen LogP contribution in [-0.2, 0) is 6.42 Å². The van der Waals surface area contributed by atoms with Gasteiger partial charge in [0.05, 0.1) is 17.4 Å². The molecule has 0 bridgehead atoms. The first-order chi connectivity index (χ1) is 12.4. The molecule has 0 radical (unpaired) electrons. The van der Waals surface area contributed by atoms with Gasteiger partial charge >= 0.3 is 0 Å². The first-order valence-corrected chi connectivity index (χ1v) is 8.80. The summed E-state index contributed by atoms with van der Waals surface area (Å²) in [5.41, 5.74) is 4.40. The minimum atomic E-state index is 0.0582. The highest BCUT2D eigenvalue weighted by atomic mass is 16.3. The molecule has 0 aliphatic carbocycles. The van der Waals surface area contributed by atoms with Crippen molar-refractivity contribution in [3.05, 3.63) is 59.7 Å². The van der Waals surface area contributed by atoms with Crippen LogP contribution in [0.5, 0.6) is 11.6 Å². The molecule has 2 N–H and O–H groups in total. The monoisotopic (exact) mass is 350 g/mol. The maximum absolute atomic E-state index is 10.3. The number of aromatic hydroxyl groups is 2. The summed E-state index contributed by atoms with van der Waals surface area (Å²) < 4.78 is 3.51. The van der Waals surface area contributed by atoms with Crippen molar-refractivity contribution in [2.75, 3.05) is 0 Å². The summed E-state index contributed by atoms with van der Waals surface area (Å²) in [7, 11) is 0. The van der Waals surface area contributed by atoms with E-state index in [0.717, 1.165) is 28.7 Å². The van der Waals surface area contributed by atoms with Gasteiger partial charge in [0.2, 0.25) is 5.88 Å². The Hall–Kier alpha value is -3.02. The first kappa shape index (κ1) is 16.4. The standard InChI is InChI=1S/C20H22N4O2/c1-12(2)19-17(25)11-23-10-14(8-18(23)21-19)7-13(3)16-9-15-5-4-6-24(15)22-20(16)26/h4-6,8-13,25H,7H2,1-3H3,(H,22,26).